The minimum Gasteiger partial charge on any atom is -0.308 e. The third kappa shape index (κ3) is 2.55. The fourth-order valence-electron chi connectivity index (χ4n) is 1.12. The molecule has 0 aliphatic rings. The summed E-state index contributed by atoms with van der Waals surface area (Å²) >= 11 is 5.71. The van der Waals surface area contributed by atoms with Gasteiger partial charge in [0.1, 0.15) is 5.82 Å². The van der Waals surface area contributed by atoms with Gasteiger partial charge in [0.25, 0.3) is 0 Å². The van der Waals surface area contributed by atoms with Crippen molar-refractivity contribution in [3.8, 4) is 0 Å². The summed E-state index contributed by atoms with van der Waals surface area (Å²) in [5.41, 5.74) is -0.784. The van der Waals surface area contributed by atoms with Gasteiger partial charge in [-0.05, 0) is 39.1 Å². The number of ketones is 1. The number of hydrogen-bond donors (Lipinski definition) is 1. The predicted molar refractivity (Wildman–Crippen MR) is 58.9 cm³/mol. The van der Waals surface area contributed by atoms with Crippen LogP contribution in [0.4, 0.5) is 4.39 Å². The summed E-state index contributed by atoms with van der Waals surface area (Å²) in [6, 6.07) is 3.96. The highest BCUT2D eigenvalue weighted by Gasteiger charge is 2.28. The Morgan fingerprint density at radius 1 is 1.47 bits per heavy atom. The summed E-state index contributed by atoms with van der Waals surface area (Å²) in [6.07, 6.45) is 0. The Labute approximate surface area is 93.4 Å². The molecule has 82 valence electrons. The highest BCUT2D eigenvalue weighted by molar-refractivity contribution is 6.31. The van der Waals surface area contributed by atoms with Gasteiger partial charge in [0.05, 0.1) is 11.1 Å². The van der Waals surface area contributed by atoms with Crippen LogP contribution in [0.25, 0.3) is 0 Å². The molecule has 1 N–H and O–H groups in total. The molecular weight excluding hydrogens is 217 g/mol. The monoisotopic (exact) mass is 229 g/mol. The summed E-state index contributed by atoms with van der Waals surface area (Å²) in [4.78, 5) is 11.9. The van der Waals surface area contributed by atoms with E-state index in [4.69, 9.17) is 11.6 Å². The highest BCUT2D eigenvalue weighted by atomic mass is 35.5. The fourth-order valence-corrected chi connectivity index (χ4v) is 1.29. The van der Waals surface area contributed by atoms with E-state index in [0.29, 0.717) is 5.02 Å². The van der Waals surface area contributed by atoms with E-state index in [1.54, 1.807) is 20.9 Å². The van der Waals surface area contributed by atoms with E-state index >= 15 is 0 Å². The van der Waals surface area contributed by atoms with Crippen molar-refractivity contribution < 1.29 is 9.18 Å². The van der Waals surface area contributed by atoms with Crippen LogP contribution in [0.5, 0.6) is 0 Å². The Kier molecular flexibility index (Phi) is 3.47. The van der Waals surface area contributed by atoms with Crippen molar-refractivity contribution in [1.29, 1.82) is 0 Å². The van der Waals surface area contributed by atoms with Crippen LogP contribution < -0.4 is 5.32 Å². The van der Waals surface area contributed by atoms with Crippen LogP contribution in [0.1, 0.15) is 24.2 Å². The van der Waals surface area contributed by atoms with Crippen molar-refractivity contribution in [3.05, 3.63) is 34.6 Å². The Morgan fingerprint density at radius 3 is 2.60 bits per heavy atom. The normalized spacial score (nSPS) is 11.5. The topological polar surface area (TPSA) is 29.1 Å². The van der Waals surface area contributed by atoms with Crippen molar-refractivity contribution >= 4 is 17.4 Å². The smallest absolute Gasteiger partial charge is 0.185 e. The molecule has 0 unspecified atom stereocenters. The van der Waals surface area contributed by atoms with E-state index in [9.17, 15) is 9.18 Å². The molecule has 0 aromatic heterocycles. The van der Waals surface area contributed by atoms with Gasteiger partial charge in [-0.1, -0.05) is 11.6 Å². The molecule has 0 saturated carbocycles. The number of carbonyl (C=O) groups excluding carboxylic acids is 1. The second-order valence-electron chi connectivity index (χ2n) is 3.83. The largest absolute Gasteiger partial charge is 0.308 e. The maximum absolute atomic E-state index is 13.4. The molecule has 15 heavy (non-hydrogen) atoms. The average Bonchev–Trinajstić information content (AvgIpc) is 2.20. The number of carbonyl (C=O) groups is 1. The first-order valence-electron chi connectivity index (χ1n) is 4.57. The molecule has 0 heterocycles. The number of halogens is 2. The van der Waals surface area contributed by atoms with Crippen molar-refractivity contribution in [3.63, 3.8) is 0 Å². The zero-order valence-corrected chi connectivity index (χ0v) is 9.65. The highest BCUT2D eigenvalue weighted by Crippen LogP contribution is 2.19. The molecule has 1 aromatic rings. The summed E-state index contributed by atoms with van der Waals surface area (Å²) in [6.45, 7) is 3.38. The lowest BCUT2D eigenvalue weighted by Gasteiger charge is -2.22. The molecule has 0 radical (unpaired) electrons. The first-order valence-corrected chi connectivity index (χ1v) is 4.95. The Balaban J connectivity index is 3.17. The Morgan fingerprint density at radius 2 is 2.07 bits per heavy atom. The summed E-state index contributed by atoms with van der Waals surface area (Å²) in [5, 5.41) is 3.18. The SMILES string of the molecule is CNC(C)(C)C(=O)c1cc(Cl)ccc1F. The van der Waals surface area contributed by atoms with Crippen molar-refractivity contribution in [2.45, 2.75) is 19.4 Å². The van der Waals surface area contributed by atoms with E-state index < -0.39 is 11.4 Å². The maximum Gasteiger partial charge on any atom is 0.185 e. The molecule has 0 atom stereocenters. The lowest BCUT2D eigenvalue weighted by atomic mass is 9.93. The maximum atomic E-state index is 13.4. The van der Waals surface area contributed by atoms with Crippen molar-refractivity contribution in [2.75, 3.05) is 7.05 Å². The molecule has 1 aromatic carbocycles. The van der Waals surface area contributed by atoms with Crippen LogP contribution in [0.2, 0.25) is 5.02 Å². The van der Waals surface area contributed by atoms with Gasteiger partial charge in [-0.2, -0.15) is 0 Å². The third-order valence-electron chi connectivity index (χ3n) is 2.37. The number of benzene rings is 1. The fraction of sp³-hybridized carbons (Fsp3) is 0.364. The van der Waals surface area contributed by atoms with Crippen LogP contribution in [0.3, 0.4) is 0 Å². The number of rotatable bonds is 3. The van der Waals surface area contributed by atoms with E-state index in [1.807, 2.05) is 0 Å². The number of likely N-dealkylation sites (N-methyl/N-ethyl adjacent to an activating group) is 1. The minimum atomic E-state index is -0.800. The standard InChI is InChI=1S/C11H13ClFNO/c1-11(2,14-3)10(15)8-6-7(12)4-5-9(8)13/h4-6,14H,1-3H3. The average molecular weight is 230 g/mol. The van der Waals surface area contributed by atoms with Gasteiger partial charge in [0, 0.05) is 5.02 Å². The number of hydrogen-bond acceptors (Lipinski definition) is 2. The summed E-state index contributed by atoms with van der Waals surface area (Å²) in [7, 11) is 1.65. The van der Waals surface area contributed by atoms with Crippen LogP contribution in [-0.2, 0) is 0 Å². The first kappa shape index (κ1) is 12.1. The van der Waals surface area contributed by atoms with E-state index in [2.05, 4.69) is 5.32 Å². The second kappa shape index (κ2) is 4.29. The van der Waals surface area contributed by atoms with Gasteiger partial charge in [-0.25, -0.2) is 4.39 Å². The number of Topliss-reactive ketones (excluding diaryl/α,β-unsaturated/α-hetero) is 1. The minimum absolute atomic E-state index is 0.0156. The Bertz CT molecular complexity index is 390. The molecule has 0 amide bonds. The van der Waals surface area contributed by atoms with Crippen LogP contribution in [-0.4, -0.2) is 18.4 Å². The molecule has 1 rings (SSSR count). The van der Waals surface area contributed by atoms with Crippen LogP contribution in [0.15, 0.2) is 18.2 Å². The molecule has 0 saturated heterocycles. The molecule has 0 aliphatic carbocycles. The third-order valence-corrected chi connectivity index (χ3v) is 2.60. The van der Waals surface area contributed by atoms with Gasteiger partial charge >= 0.3 is 0 Å². The molecule has 4 heteroatoms. The van der Waals surface area contributed by atoms with Gasteiger partial charge in [-0.3, -0.25) is 4.79 Å². The number of nitrogens with one attached hydrogen (secondary N) is 1. The van der Waals surface area contributed by atoms with Gasteiger partial charge < -0.3 is 5.32 Å². The molecule has 0 spiro atoms. The molecular formula is C11H13ClFNO. The van der Waals surface area contributed by atoms with E-state index in [1.165, 1.54) is 18.2 Å². The Hall–Kier alpha value is -0.930. The van der Waals surface area contributed by atoms with Gasteiger partial charge in [0.2, 0.25) is 0 Å². The van der Waals surface area contributed by atoms with Crippen LogP contribution in [0, 0.1) is 5.82 Å². The van der Waals surface area contributed by atoms with Crippen molar-refractivity contribution in [1.82, 2.24) is 5.32 Å². The molecule has 2 nitrogen and oxygen atoms in total. The summed E-state index contributed by atoms with van der Waals surface area (Å²) in [5.74, 6) is -0.863. The summed E-state index contributed by atoms with van der Waals surface area (Å²) < 4.78 is 13.4. The van der Waals surface area contributed by atoms with Crippen molar-refractivity contribution in [2.24, 2.45) is 0 Å². The second-order valence-corrected chi connectivity index (χ2v) is 4.26. The van der Waals surface area contributed by atoms with E-state index in [-0.39, 0.29) is 11.3 Å². The zero-order chi connectivity index (χ0) is 11.6. The van der Waals surface area contributed by atoms with Gasteiger partial charge in [-0.15, -0.1) is 0 Å². The molecule has 0 aliphatic heterocycles. The van der Waals surface area contributed by atoms with Crippen LogP contribution >= 0.6 is 11.6 Å². The zero-order valence-electron chi connectivity index (χ0n) is 8.90. The van der Waals surface area contributed by atoms with Gasteiger partial charge in [0.15, 0.2) is 5.78 Å². The molecule has 0 fully saturated rings. The quantitative estimate of drug-likeness (QED) is 0.808. The first-order chi connectivity index (χ1) is 6.88. The van der Waals surface area contributed by atoms with E-state index in [0.717, 1.165) is 0 Å². The lowest BCUT2D eigenvalue weighted by Crippen LogP contribution is -2.44. The molecule has 0 bridgehead atoms. The lowest BCUT2D eigenvalue weighted by molar-refractivity contribution is 0.0885. The predicted octanol–water partition coefficient (Wildman–Crippen LogP) is 2.66.